The highest BCUT2D eigenvalue weighted by atomic mass is 35.5. The number of ketones is 1. The van der Waals surface area contributed by atoms with Crippen LogP contribution < -0.4 is 10.1 Å². The summed E-state index contributed by atoms with van der Waals surface area (Å²) < 4.78 is 10.2. The molecule has 0 aliphatic rings. The quantitative estimate of drug-likeness (QED) is 0.532. The molecule has 2 aromatic carbocycles. The standard InChI is InChI=1S/C19H17Cl2NO5/c1-2-26-14-6-3-12(4-7-14)17(23)11-27-18(24)10-22-19(25)13-5-8-15(20)16(21)9-13/h3-9H,2,10-11H2,1H3,(H,22,25). The van der Waals surface area contributed by atoms with Crippen molar-refractivity contribution in [1.29, 1.82) is 0 Å². The Labute approximate surface area is 166 Å². The van der Waals surface area contributed by atoms with Gasteiger partial charge in [-0.05, 0) is 49.4 Å². The lowest BCUT2D eigenvalue weighted by molar-refractivity contribution is -0.141. The lowest BCUT2D eigenvalue weighted by Crippen LogP contribution is -2.31. The smallest absolute Gasteiger partial charge is 0.325 e. The summed E-state index contributed by atoms with van der Waals surface area (Å²) in [5, 5.41) is 2.94. The van der Waals surface area contributed by atoms with E-state index in [4.69, 9.17) is 32.7 Å². The molecule has 0 aliphatic carbocycles. The number of amides is 1. The van der Waals surface area contributed by atoms with E-state index in [0.717, 1.165) is 0 Å². The van der Waals surface area contributed by atoms with Gasteiger partial charge < -0.3 is 14.8 Å². The summed E-state index contributed by atoms with van der Waals surface area (Å²) in [7, 11) is 0. The molecule has 0 radical (unpaired) electrons. The number of carbonyl (C=O) groups excluding carboxylic acids is 3. The van der Waals surface area contributed by atoms with E-state index < -0.39 is 18.5 Å². The Morgan fingerprint density at radius 1 is 0.963 bits per heavy atom. The Balaban J connectivity index is 1.79. The van der Waals surface area contributed by atoms with E-state index in [0.29, 0.717) is 22.9 Å². The molecule has 2 aromatic rings. The van der Waals surface area contributed by atoms with Gasteiger partial charge in [-0.25, -0.2) is 0 Å². The molecule has 1 amide bonds. The number of hydrogen-bond acceptors (Lipinski definition) is 5. The third-order valence-electron chi connectivity index (χ3n) is 3.43. The van der Waals surface area contributed by atoms with E-state index in [9.17, 15) is 14.4 Å². The molecule has 2 rings (SSSR count). The lowest BCUT2D eigenvalue weighted by atomic mass is 10.1. The van der Waals surface area contributed by atoms with Crippen LogP contribution in [0.25, 0.3) is 0 Å². The third kappa shape index (κ3) is 6.27. The van der Waals surface area contributed by atoms with Crippen LogP contribution in [0.1, 0.15) is 27.6 Å². The van der Waals surface area contributed by atoms with E-state index in [1.807, 2.05) is 6.92 Å². The fourth-order valence-electron chi connectivity index (χ4n) is 2.08. The highest BCUT2D eigenvalue weighted by molar-refractivity contribution is 6.42. The second-order valence-electron chi connectivity index (χ2n) is 5.35. The second-order valence-corrected chi connectivity index (χ2v) is 6.17. The van der Waals surface area contributed by atoms with Gasteiger partial charge in [0, 0.05) is 11.1 Å². The van der Waals surface area contributed by atoms with Crippen molar-refractivity contribution in [1.82, 2.24) is 5.32 Å². The van der Waals surface area contributed by atoms with E-state index in [1.54, 1.807) is 24.3 Å². The zero-order valence-electron chi connectivity index (χ0n) is 14.5. The number of hydrogen-bond donors (Lipinski definition) is 1. The van der Waals surface area contributed by atoms with Gasteiger partial charge in [-0.2, -0.15) is 0 Å². The molecule has 142 valence electrons. The van der Waals surface area contributed by atoms with Gasteiger partial charge in [-0.1, -0.05) is 23.2 Å². The normalized spacial score (nSPS) is 10.2. The van der Waals surface area contributed by atoms with Crippen LogP contribution in [-0.2, 0) is 9.53 Å². The van der Waals surface area contributed by atoms with Crippen molar-refractivity contribution in [3.63, 3.8) is 0 Å². The molecule has 8 heteroatoms. The van der Waals surface area contributed by atoms with E-state index >= 15 is 0 Å². The van der Waals surface area contributed by atoms with E-state index in [-0.39, 0.29) is 22.9 Å². The maximum Gasteiger partial charge on any atom is 0.325 e. The highest BCUT2D eigenvalue weighted by Gasteiger charge is 2.13. The van der Waals surface area contributed by atoms with Crippen LogP contribution in [0.4, 0.5) is 0 Å². The average molecular weight is 410 g/mol. The van der Waals surface area contributed by atoms with Crippen molar-refractivity contribution in [2.45, 2.75) is 6.92 Å². The first-order valence-corrected chi connectivity index (χ1v) is 8.81. The van der Waals surface area contributed by atoms with Crippen molar-refractivity contribution in [2.24, 2.45) is 0 Å². The van der Waals surface area contributed by atoms with Crippen LogP contribution in [0.15, 0.2) is 42.5 Å². The minimum atomic E-state index is -0.734. The molecule has 0 saturated carbocycles. The Hall–Kier alpha value is -2.57. The summed E-state index contributed by atoms with van der Waals surface area (Å²) in [6.45, 7) is 1.59. The van der Waals surface area contributed by atoms with Crippen molar-refractivity contribution in [3.8, 4) is 5.75 Å². The summed E-state index contributed by atoms with van der Waals surface area (Å²) in [4.78, 5) is 35.7. The lowest BCUT2D eigenvalue weighted by Gasteiger charge is -2.07. The molecule has 0 spiro atoms. The Kier molecular flexibility index (Phi) is 7.64. The summed E-state index contributed by atoms with van der Waals surface area (Å²) >= 11 is 11.6. The third-order valence-corrected chi connectivity index (χ3v) is 4.17. The van der Waals surface area contributed by atoms with Crippen molar-refractivity contribution >= 4 is 40.9 Å². The monoisotopic (exact) mass is 409 g/mol. The summed E-state index contributed by atoms with van der Waals surface area (Å²) in [6.07, 6.45) is 0. The van der Waals surface area contributed by atoms with Gasteiger partial charge in [-0.3, -0.25) is 14.4 Å². The molecule has 27 heavy (non-hydrogen) atoms. The molecule has 0 bridgehead atoms. The number of ether oxygens (including phenoxy) is 2. The molecule has 6 nitrogen and oxygen atoms in total. The SMILES string of the molecule is CCOc1ccc(C(=O)COC(=O)CNC(=O)c2ccc(Cl)c(Cl)c2)cc1. The highest BCUT2D eigenvalue weighted by Crippen LogP contribution is 2.22. The minimum Gasteiger partial charge on any atom is -0.494 e. The van der Waals surface area contributed by atoms with Crippen molar-refractivity contribution in [2.75, 3.05) is 19.8 Å². The first kappa shape index (κ1) is 20.7. The molecule has 0 unspecified atom stereocenters. The summed E-state index contributed by atoms with van der Waals surface area (Å²) in [5.41, 5.74) is 0.647. The van der Waals surface area contributed by atoms with Gasteiger partial charge in [0.1, 0.15) is 12.3 Å². The first-order chi connectivity index (χ1) is 12.9. The van der Waals surface area contributed by atoms with Crippen LogP contribution in [0.2, 0.25) is 10.0 Å². The zero-order valence-corrected chi connectivity index (χ0v) is 16.0. The number of Topliss-reactive ketones (excluding diaryl/α,β-unsaturated/α-hetero) is 1. The summed E-state index contributed by atoms with van der Waals surface area (Å²) in [6, 6.07) is 10.9. The largest absolute Gasteiger partial charge is 0.494 e. The van der Waals surface area contributed by atoms with Gasteiger partial charge in [-0.15, -0.1) is 0 Å². The average Bonchev–Trinajstić information content (AvgIpc) is 2.67. The fraction of sp³-hybridized carbons (Fsp3) is 0.211. The molecule has 0 aromatic heterocycles. The van der Waals surface area contributed by atoms with Gasteiger partial charge >= 0.3 is 5.97 Å². The summed E-state index contributed by atoms with van der Waals surface area (Å²) in [5.74, 6) is -0.954. The van der Waals surface area contributed by atoms with Gasteiger partial charge in [0.25, 0.3) is 5.91 Å². The Morgan fingerprint density at radius 2 is 1.63 bits per heavy atom. The number of halogens is 2. The molecule has 0 heterocycles. The van der Waals surface area contributed by atoms with Crippen LogP contribution in [0, 0.1) is 0 Å². The molecule has 0 atom stereocenters. The van der Waals surface area contributed by atoms with Gasteiger partial charge in [0.2, 0.25) is 0 Å². The second kappa shape index (κ2) is 9.94. The predicted octanol–water partition coefficient (Wildman–Crippen LogP) is 3.55. The zero-order chi connectivity index (χ0) is 19.8. The maximum absolute atomic E-state index is 12.0. The number of benzene rings is 2. The van der Waals surface area contributed by atoms with Crippen LogP contribution in [-0.4, -0.2) is 37.4 Å². The molecular formula is C19H17Cl2NO5. The van der Waals surface area contributed by atoms with Gasteiger partial charge in [0.15, 0.2) is 12.4 Å². The van der Waals surface area contributed by atoms with Crippen LogP contribution in [0.5, 0.6) is 5.75 Å². The van der Waals surface area contributed by atoms with Crippen LogP contribution >= 0.6 is 23.2 Å². The number of rotatable bonds is 8. The van der Waals surface area contributed by atoms with Gasteiger partial charge in [0.05, 0.1) is 16.7 Å². The minimum absolute atomic E-state index is 0.229. The van der Waals surface area contributed by atoms with Crippen molar-refractivity contribution in [3.05, 3.63) is 63.6 Å². The molecule has 0 fully saturated rings. The number of carbonyl (C=O) groups is 3. The van der Waals surface area contributed by atoms with Crippen molar-refractivity contribution < 1.29 is 23.9 Å². The Morgan fingerprint density at radius 3 is 2.26 bits per heavy atom. The number of nitrogens with one attached hydrogen (secondary N) is 1. The van der Waals surface area contributed by atoms with Crippen LogP contribution in [0.3, 0.4) is 0 Å². The first-order valence-electron chi connectivity index (χ1n) is 8.05. The molecule has 0 saturated heterocycles. The predicted molar refractivity (Wildman–Crippen MR) is 102 cm³/mol. The molecular weight excluding hydrogens is 393 g/mol. The fourth-order valence-corrected chi connectivity index (χ4v) is 2.37. The Bertz CT molecular complexity index is 836. The van der Waals surface area contributed by atoms with E-state index in [1.165, 1.54) is 18.2 Å². The molecule has 0 aliphatic heterocycles. The topological polar surface area (TPSA) is 81.7 Å². The van der Waals surface area contributed by atoms with E-state index in [2.05, 4.69) is 5.32 Å². The molecule has 1 N–H and O–H groups in total. The number of esters is 1. The maximum atomic E-state index is 12.0.